The molecular weight excluding hydrogens is 420 g/mol. The topological polar surface area (TPSA) is 122 Å². The van der Waals surface area contributed by atoms with Crippen LogP contribution >= 0.6 is 0 Å². The molecule has 3 aromatic rings. The molecule has 170 valence electrons. The van der Waals surface area contributed by atoms with Gasteiger partial charge in [0, 0.05) is 23.2 Å². The molecule has 0 radical (unpaired) electrons. The van der Waals surface area contributed by atoms with E-state index in [4.69, 9.17) is 15.8 Å². The summed E-state index contributed by atoms with van der Waals surface area (Å²) in [4.78, 5) is 44.0. The van der Waals surface area contributed by atoms with Crippen molar-refractivity contribution >= 4 is 28.4 Å². The maximum absolute atomic E-state index is 13.1. The summed E-state index contributed by atoms with van der Waals surface area (Å²) in [6.45, 7) is 0. The van der Waals surface area contributed by atoms with E-state index in [0.29, 0.717) is 16.8 Å². The minimum atomic E-state index is -1.56. The first-order valence-electron chi connectivity index (χ1n) is 11.0. The fourth-order valence-electron chi connectivity index (χ4n) is 4.58. The van der Waals surface area contributed by atoms with Gasteiger partial charge in [-0.1, -0.05) is 35.9 Å². The number of carboxylic acid groups (broad SMARTS) is 1. The van der Waals surface area contributed by atoms with Crippen molar-refractivity contribution in [3.05, 3.63) is 77.0 Å². The van der Waals surface area contributed by atoms with Crippen LogP contribution in [0, 0.1) is 5.92 Å². The van der Waals surface area contributed by atoms with Crippen LogP contribution in [0.15, 0.2) is 60.3 Å². The number of carboxylic acids is 1. The molecule has 1 aliphatic carbocycles. The number of aromatic nitrogens is 1. The Balaban J connectivity index is 1.55. The lowest BCUT2D eigenvalue weighted by molar-refractivity contribution is -0.131. The Morgan fingerprint density at radius 3 is 2.61 bits per heavy atom. The summed E-state index contributed by atoms with van der Waals surface area (Å²) in [7, 11) is 0. The Morgan fingerprint density at radius 1 is 1.09 bits per heavy atom. The predicted molar refractivity (Wildman–Crippen MR) is 124 cm³/mol. The van der Waals surface area contributed by atoms with E-state index in [0.717, 1.165) is 44.1 Å². The maximum Gasteiger partial charge on any atom is 0.377 e. The lowest BCUT2D eigenvalue weighted by atomic mass is 9.92. The number of aliphatic carboxylic acids is 1. The Bertz CT molecular complexity index is 1230. The van der Waals surface area contributed by atoms with Crippen molar-refractivity contribution in [2.75, 3.05) is 0 Å². The van der Waals surface area contributed by atoms with Gasteiger partial charge in [-0.15, -0.1) is 0 Å². The number of nitrogens with one attached hydrogen (secondary N) is 1. The van der Waals surface area contributed by atoms with Crippen LogP contribution in [-0.4, -0.2) is 27.6 Å². The molecule has 0 aliphatic heterocycles. The first-order chi connectivity index (χ1) is 16.0. The zero-order valence-corrected chi connectivity index (χ0v) is 18.2. The second kappa shape index (κ2) is 9.83. The zero-order valence-electron chi connectivity index (χ0n) is 18.2. The molecule has 7 nitrogen and oxygen atoms in total. The van der Waals surface area contributed by atoms with E-state index in [2.05, 4.69) is 29.2 Å². The number of hydrogen-bond donors (Lipinski definition) is 3. The fourth-order valence-corrected chi connectivity index (χ4v) is 4.58. The quantitative estimate of drug-likeness (QED) is 0.160. The Kier molecular flexibility index (Phi) is 6.70. The average Bonchev–Trinajstić information content (AvgIpc) is 3.11. The number of Topliss-reactive ketones (excluding diaryl/α,β-unsaturated/α-hetero) is 1. The summed E-state index contributed by atoms with van der Waals surface area (Å²) in [6.07, 6.45) is 8.84. The number of hydrogen-bond acceptors (Lipinski definition) is 5. The van der Waals surface area contributed by atoms with E-state index < -0.39 is 11.8 Å². The highest BCUT2D eigenvalue weighted by molar-refractivity contribution is 6.42. The highest BCUT2D eigenvalue weighted by Gasteiger charge is 2.22. The van der Waals surface area contributed by atoms with Gasteiger partial charge in [-0.05, 0) is 62.1 Å². The van der Waals surface area contributed by atoms with Crippen LogP contribution in [0.4, 0.5) is 0 Å². The van der Waals surface area contributed by atoms with Gasteiger partial charge in [-0.25, -0.2) is 4.79 Å². The number of allylic oxidation sites excluding steroid dienone is 2. The van der Waals surface area contributed by atoms with Crippen LogP contribution in [0.3, 0.4) is 0 Å². The Morgan fingerprint density at radius 2 is 1.88 bits per heavy atom. The SMILES string of the molecule is NOc1cc2[nH]cc(C(=O)C(=O)O)c2cc1C(=O)/C=C1/CCCC(Cc2ccccc2)CC1. The van der Waals surface area contributed by atoms with Gasteiger partial charge in [0.25, 0.3) is 5.78 Å². The van der Waals surface area contributed by atoms with Crippen LogP contribution in [0.2, 0.25) is 0 Å². The van der Waals surface area contributed by atoms with Crippen molar-refractivity contribution < 1.29 is 24.3 Å². The van der Waals surface area contributed by atoms with Gasteiger partial charge < -0.3 is 14.9 Å². The van der Waals surface area contributed by atoms with E-state index in [1.54, 1.807) is 6.08 Å². The largest absolute Gasteiger partial charge is 0.475 e. The van der Waals surface area contributed by atoms with Crippen molar-refractivity contribution in [2.24, 2.45) is 11.8 Å². The molecule has 1 heterocycles. The predicted octanol–water partition coefficient (Wildman–Crippen LogP) is 4.62. The molecule has 1 unspecified atom stereocenters. The molecule has 4 rings (SSSR count). The summed E-state index contributed by atoms with van der Waals surface area (Å²) in [6, 6.07) is 13.4. The van der Waals surface area contributed by atoms with Gasteiger partial charge in [0.2, 0.25) is 0 Å². The molecule has 0 saturated heterocycles. The lowest BCUT2D eigenvalue weighted by Crippen LogP contribution is -2.12. The van der Waals surface area contributed by atoms with Gasteiger partial charge in [-0.3, -0.25) is 9.59 Å². The molecule has 4 N–H and O–H groups in total. The molecule has 1 aromatic heterocycles. The fraction of sp³-hybridized carbons (Fsp3) is 0.269. The zero-order chi connectivity index (χ0) is 23.4. The number of benzene rings is 2. The third kappa shape index (κ3) is 5.04. The molecule has 0 spiro atoms. The third-order valence-electron chi connectivity index (χ3n) is 6.30. The van der Waals surface area contributed by atoms with Gasteiger partial charge >= 0.3 is 5.97 Å². The minimum absolute atomic E-state index is 0.0130. The van der Waals surface area contributed by atoms with E-state index in [1.807, 2.05) is 6.07 Å². The lowest BCUT2D eigenvalue weighted by Gasteiger charge is -2.13. The van der Waals surface area contributed by atoms with E-state index in [1.165, 1.54) is 23.9 Å². The molecule has 0 bridgehead atoms. The standard InChI is InChI=1S/C26H26N2O5/c27-33-24-14-22-19(21(15-28-22)25(30)26(31)32)13-20(24)23(29)12-18-8-4-7-17(9-10-18)11-16-5-2-1-3-6-16/h1-3,5-6,12-15,17,28H,4,7-11,27H2,(H,31,32)/b18-12-. The van der Waals surface area contributed by atoms with Crippen molar-refractivity contribution in [3.8, 4) is 5.75 Å². The maximum atomic E-state index is 13.1. The van der Waals surface area contributed by atoms with Gasteiger partial charge in [0.15, 0.2) is 11.5 Å². The first kappa shape index (κ1) is 22.5. The Hall–Kier alpha value is -3.71. The first-order valence-corrected chi connectivity index (χ1v) is 11.0. The molecule has 1 saturated carbocycles. The van der Waals surface area contributed by atoms with E-state index in [-0.39, 0.29) is 22.7 Å². The summed E-state index contributed by atoms with van der Waals surface area (Å²) in [5.74, 6) is 3.26. The highest BCUT2D eigenvalue weighted by atomic mass is 16.6. The van der Waals surface area contributed by atoms with Crippen LogP contribution in [0.5, 0.6) is 5.75 Å². The number of nitrogens with two attached hydrogens (primary N) is 1. The van der Waals surface area contributed by atoms with Crippen molar-refractivity contribution in [1.29, 1.82) is 0 Å². The summed E-state index contributed by atoms with van der Waals surface area (Å²) in [5, 5.41) is 9.41. The third-order valence-corrected chi connectivity index (χ3v) is 6.30. The minimum Gasteiger partial charge on any atom is -0.475 e. The molecule has 1 aliphatic rings. The van der Waals surface area contributed by atoms with Gasteiger partial charge in [0.05, 0.1) is 11.1 Å². The highest BCUT2D eigenvalue weighted by Crippen LogP contribution is 2.32. The molecule has 2 aromatic carbocycles. The van der Waals surface area contributed by atoms with E-state index >= 15 is 0 Å². The van der Waals surface area contributed by atoms with Crippen LogP contribution in [0.1, 0.15) is 58.4 Å². The average molecular weight is 447 g/mol. The number of carbonyl (C=O) groups excluding carboxylic acids is 2. The summed E-state index contributed by atoms with van der Waals surface area (Å²) >= 11 is 0. The van der Waals surface area contributed by atoms with E-state index in [9.17, 15) is 14.4 Å². The number of fused-ring (bicyclic) bond motifs is 1. The number of aromatic amines is 1. The molecule has 1 fully saturated rings. The summed E-state index contributed by atoms with van der Waals surface area (Å²) in [5.41, 5.74) is 3.06. The second-order valence-electron chi connectivity index (χ2n) is 8.50. The summed E-state index contributed by atoms with van der Waals surface area (Å²) < 4.78 is 0. The molecular formula is C26H26N2O5. The number of carbonyl (C=O) groups is 3. The molecule has 33 heavy (non-hydrogen) atoms. The molecule has 0 amide bonds. The second-order valence-corrected chi connectivity index (χ2v) is 8.50. The van der Waals surface area contributed by atoms with Crippen LogP contribution in [0.25, 0.3) is 10.9 Å². The van der Waals surface area contributed by atoms with Crippen LogP contribution < -0.4 is 10.7 Å². The van der Waals surface area contributed by atoms with Crippen molar-refractivity contribution in [3.63, 3.8) is 0 Å². The van der Waals surface area contributed by atoms with Gasteiger partial charge in [-0.2, -0.15) is 5.90 Å². The molecule has 1 atom stereocenters. The monoisotopic (exact) mass is 446 g/mol. The number of ketones is 2. The smallest absolute Gasteiger partial charge is 0.377 e. The molecule has 7 heteroatoms. The van der Waals surface area contributed by atoms with Crippen molar-refractivity contribution in [1.82, 2.24) is 4.98 Å². The van der Waals surface area contributed by atoms with Crippen LogP contribution in [-0.2, 0) is 11.2 Å². The van der Waals surface area contributed by atoms with Crippen molar-refractivity contribution in [2.45, 2.75) is 38.5 Å². The normalized spacial score (nSPS) is 17.6. The van der Waals surface area contributed by atoms with Gasteiger partial charge in [0.1, 0.15) is 0 Å². The Labute approximate surface area is 191 Å². The number of H-pyrrole nitrogens is 1. The number of rotatable bonds is 7.